The largest absolute Gasteiger partial charge is 0.416 e. The minimum Gasteiger partial charge on any atom is -0.383 e. The Kier molecular flexibility index (Phi) is 3.83. The summed E-state index contributed by atoms with van der Waals surface area (Å²) < 4.78 is 74.9. The molecule has 0 amide bonds. The molecule has 0 fully saturated rings. The molecule has 1 aromatic rings. The monoisotopic (exact) mass is 271 g/mol. The van der Waals surface area contributed by atoms with Crippen molar-refractivity contribution in [3.63, 3.8) is 0 Å². The van der Waals surface area contributed by atoms with Gasteiger partial charge in [-0.05, 0) is 32.0 Å². The first kappa shape index (κ1) is 14.7. The molecule has 0 aliphatic rings. The SMILES string of the molecule is CC(C)Nc1cc(C(F)(F)F)cc(C(F)(F)F)c1. The third-order valence-electron chi connectivity index (χ3n) is 2.04. The lowest BCUT2D eigenvalue weighted by Gasteiger charge is -2.16. The van der Waals surface area contributed by atoms with Gasteiger partial charge in [0.05, 0.1) is 11.1 Å². The molecule has 0 unspecified atom stereocenters. The Bertz CT molecular complexity index is 386. The van der Waals surface area contributed by atoms with Crippen molar-refractivity contribution in [2.24, 2.45) is 0 Å². The molecule has 0 radical (unpaired) electrons. The summed E-state index contributed by atoms with van der Waals surface area (Å²) in [5.41, 5.74) is -2.84. The van der Waals surface area contributed by atoms with Crippen molar-refractivity contribution in [3.05, 3.63) is 29.3 Å². The molecular weight excluding hydrogens is 260 g/mol. The summed E-state index contributed by atoms with van der Waals surface area (Å²) in [7, 11) is 0. The van der Waals surface area contributed by atoms with Gasteiger partial charge in [-0.3, -0.25) is 0 Å². The highest BCUT2D eigenvalue weighted by Gasteiger charge is 2.36. The molecule has 1 rings (SSSR count). The van der Waals surface area contributed by atoms with Gasteiger partial charge in [0.1, 0.15) is 0 Å². The third-order valence-corrected chi connectivity index (χ3v) is 2.04. The Labute approximate surface area is 99.8 Å². The van der Waals surface area contributed by atoms with E-state index >= 15 is 0 Å². The predicted molar refractivity (Wildman–Crippen MR) is 55.2 cm³/mol. The van der Waals surface area contributed by atoms with E-state index in [0.717, 1.165) is 0 Å². The molecular formula is C11H11F6N. The standard InChI is InChI=1S/C11H11F6N/c1-6(2)18-9-4-7(10(12,13)14)3-8(5-9)11(15,16)17/h3-6,18H,1-2H3. The molecule has 0 saturated heterocycles. The molecule has 0 atom stereocenters. The lowest BCUT2D eigenvalue weighted by molar-refractivity contribution is -0.143. The molecule has 1 nitrogen and oxygen atoms in total. The van der Waals surface area contributed by atoms with Crippen molar-refractivity contribution in [1.82, 2.24) is 0 Å². The Balaban J connectivity index is 3.29. The van der Waals surface area contributed by atoms with Crippen LogP contribution in [0.1, 0.15) is 25.0 Å². The van der Waals surface area contributed by atoms with Crippen molar-refractivity contribution in [1.29, 1.82) is 0 Å². The fourth-order valence-electron chi connectivity index (χ4n) is 1.37. The third kappa shape index (κ3) is 3.82. The van der Waals surface area contributed by atoms with Gasteiger partial charge in [0, 0.05) is 11.7 Å². The van der Waals surface area contributed by atoms with Crippen molar-refractivity contribution >= 4 is 5.69 Å². The minimum atomic E-state index is -4.81. The van der Waals surface area contributed by atoms with Gasteiger partial charge >= 0.3 is 12.4 Å². The van der Waals surface area contributed by atoms with Gasteiger partial charge in [-0.25, -0.2) is 0 Å². The van der Waals surface area contributed by atoms with Gasteiger partial charge < -0.3 is 5.32 Å². The van der Waals surface area contributed by atoms with Crippen LogP contribution in [0.25, 0.3) is 0 Å². The predicted octanol–water partition coefficient (Wildman–Crippen LogP) is 4.54. The Morgan fingerprint density at radius 3 is 1.50 bits per heavy atom. The maximum Gasteiger partial charge on any atom is 0.416 e. The number of benzene rings is 1. The van der Waals surface area contributed by atoms with Crippen molar-refractivity contribution in [3.8, 4) is 0 Å². The molecule has 18 heavy (non-hydrogen) atoms. The summed E-state index contributed by atoms with van der Waals surface area (Å²) in [6.07, 6.45) is -9.62. The number of hydrogen-bond donors (Lipinski definition) is 1. The maximum atomic E-state index is 12.5. The zero-order valence-electron chi connectivity index (χ0n) is 9.58. The van der Waals surface area contributed by atoms with Crippen LogP contribution in [0.4, 0.5) is 32.0 Å². The number of halogens is 6. The van der Waals surface area contributed by atoms with Gasteiger partial charge in [-0.15, -0.1) is 0 Å². The average Bonchev–Trinajstić information content (AvgIpc) is 2.13. The van der Waals surface area contributed by atoms with Crippen LogP contribution in [0.15, 0.2) is 18.2 Å². The van der Waals surface area contributed by atoms with Crippen LogP contribution < -0.4 is 5.32 Å². The summed E-state index contributed by atoms with van der Waals surface area (Å²) in [5.74, 6) is 0. The highest BCUT2D eigenvalue weighted by molar-refractivity contribution is 5.50. The van der Waals surface area contributed by atoms with Crippen LogP contribution in [-0.4, -0.2) is 6.04 Å². The van der Waals surface area contributed by atoms with E-state index in [-0.39, 0.29) is 17.8 Å². The number of rotatable bonds is 2. The van der Waals surface area contributed by atoms with Crippen LogP contribution in [0.2, 0.25) is 0 Å². The second-order valence-corrected chi connectivity index (χ2v) is 4.09. The fourth-order valence-corrected chi connectivity index (χ4v) is 1.37. The summed E-state index contributed by atoms with van der Waals surface area (Å²) >= 11 is 0. The Morgan fingerprint density at radius 2 is 1.22 bits per heavy atom. The first-order chi connectivity index (χ1) is 8.00. The molecule has 1 N–H and O–H groups in total. The number of hydrogen-bond acceptors (Lipinski definition) is 1. The summed E-state index contributed by atoms with van der Waals surface area (Å²) in [5, 5.41) is 2.53. The van der Waals surface area contributed by atoms with Crippen LogP contribution in [0, 0.1) is 0 Å². The van der Waals surface area contributed by atoms with E-state index in [1.165, 1.54) is 0 Å². The van der Waals surface area contributed by atoms with E-state index in [0.29, 0.717) is 12.1 Å². The lowest BCUT2D eigenvalue weighted by Crippen LogP contribution is -2.15. The maximum absolute atomic E-state index is 12.5. The van der Waals surface area contributed by atoms with Crippen LogP contribution in [0.3, 0.4) is 0 Å². The van der Waals surface area contributed by atoms with E-state index in [1.807, 2.05) is 0 Å². The van der Waals surface area contributed by atoms with Crippen LogP contribution in [0.5, 0.6) is 0 Å². The van der Waals surface area contributed by atoms with Gasteiger partial charge in [0.15, 0.2) is 0 Å². The highest BCUT2D eigenvalue weighted by Crippen LogP contribution is 2.37. The lowest BCUT2D eigenvalue weighted by atomic mass is 10.1. The van der Waals surface area contributed by atoms with Crippen LogP contribution >= 0.6 is 0 Å². The zero-order valence-corrected chi connectivity index (χ0v) is 9.58. The topological polar surface area (TPSA) is 12.0 Å². The van der Waals surface area contributed by atoms with Gasteiger partial charge in [-0.1, -0.05) is 0 Å². The molecule has 0 aliphatic heterocycles. The molecule has 0 heterocycles. The van der Waals surface area contributed by atoms with Crippen LogP contribution in [-0.2, 0) is 12.4 Å². The summed E-state index contributed by atoms with van der Waals surface area (Å²) in [4.78, 5) is 0. The second-order valence-electron chi connectivity index (χ2n) is 4.09. The zero-order chi connectivity index (χ0) is 14.1. The minimum absolute atomic E-state index is 0.103. The fraction of sp³-hybridized carbons (Fsp3) is 0.455. The molecule has 0 saturated carbocycles. The first-order valence-electron chi connectivity index (χ1n) is 5.06. The Hall–Kier alpha value is -1.40. The van der Waals surface area contributed by atoms with E-state index in [9.17, 15) is 26.3 Å². The number of alkyl halides is 6. The molecule has 7 heteroatoms. The number of anilines is 1. The van der Waals surface area contributed by atoms with E-state index in [2.05, 4.69) is 5.32 Å². The smallest absolute Gasteiger partial charge is 0.383 e. The number of nitrogens with one attached hydrogen (secondary N) is 1. The summed E-state index contributed by atoms with van der Waals surface area (Å²) in [6.45, 7) is 3.24. The second kappa shape index (κ2) is 4.70. The molecule has 0 aromatic heterocycles. The van der Waals surface area contributed by atoms with Crippen molar-refractivity contribution < 1.29 is 26.3 Å². The Morgan fingerprint density at radius 1 is 0.833 bits per heavy atom. The van der Waals surface area contributed by atoms with Gasteiger partial charge in [0.25, 0.3) is 0 Å². The van der Waals surface area contributed by atoms with E-state index < -0.39 is 23.5 Å². The van der Waals surface area contributed by atoms with Gasteiger partial charge in [-0.2, -0.15) is 26.3 Å². The average molecular weight is 271 g/mol. The molecule has 102 valence electrons. The molecule has 0 bridgehead atoms. The first-order valence-corrected chi connectivity index (χ1v) is 5.06. The normalized spacial score (nSPS) is 12.9. The molecule has 0 aliphatic carbocycles. The van der Waals surface area contributed by atoms with Crippen molar-refractivity contribution in [2.75, 3.05) is 5.32 Å². The van der Waals surface area contributed by atoms with Crippen molar-refractivity contribution in [2.45, 2.75) is 32.2 Å². The quantitative estimate of drug-likeness (QED) is 0.778. The van der Waals surface area contributed by atoms with E-state index in [1.54, 1.807) is 13.8 Å². The van der Waals surface area contributed by atoms with E-state index in [4.69, 9.17) is 0 Å². The highest BCUT2D eigenvalue weighted by atomic mass is 19.4. The van der Waals surface area contributed by atoms with Gasteiger partial charge in [0.2, 0.25) is 0 Å². The summed E-state index contributed by atoms with van der Waals surface area (Å²) in [6, 6.07) is 1.16. The molecule has 1 aromatic carbocycles. The molecule has 0 spiro atoms.